The lowest BCUT2D eigenvalue weighted by Gasteiger charge is -2.33. The quantitative estimate of drug-likeness (QED) is 0.143. The van der Waals surface area contributed by atoms with Gasteiger partial charge in [0, 0.05) is 36.5 Å². The zero-order valence-corrected chi connectivity index (χ0v) is 34.8. The highest BCUT2D eigenvalue weighted by molar-refractivity contribution is 6.04. The summed E-state index contributed by atoms with van der Waals surface area (Å²) in [4.78, 5) is 7.81. The molecule has 10 rings (SSSR count). The Hall–Kier alpha value is -7.21. The number of rotatable bonds is 8. The second-order valence-electron chi connectivity index (χ2n) is 16.3. The van der Waals surface area contributed by atoms with Crippen molar-refractivity contribution >= 4 is 27.8 Å². The van der Waals surface area contributed by atoms with Crippen molar-refractivity contribution in [3.63, 3.8) is 0 Å². The van der Waals surface area contributed by atoms with Crippen molar-refractivity contribution in [2.75, 3.05) is 13.6 Å². The summed E-state index contributed by atoms with van der Waals surface area (Å²) in [5.74, 6) is 0.847. The van der Waals surface area contributed by atoms with Crippen LogP contribution in [0.15, 0.2) is 205 Å². The van der Waals surface area contributed by atoms with Crippen LogP contribution in [0.1, 0.15) is 54.0 Å². The molecule has 0 fully saturated rings. The Bertz CT molecular complexity index is 2880. The maximum Gasteiger partial charge on any atom is 0.131 e. The summed E-state index contributed by atoms with van der Waals surface area (Å²) in [6.07, 6.45) is 10.3. The average molecular weight is 792 g/mol. The first-order chi connectivity index (χ1) is 29.9. The number of dihydropyridines is 1. The van der Waals surface area contributed by atoms with E-state index in [1.54, 1.807) is 0 Å². The number of hydrogen-bond acceptors (Lipinski definition) is 5. The molecule has 61 heavy (non-hydrogen) atoms. The Labute approximate surface area is 359 Å². The maximum absolute atomic E-state index is 5.48. The number of hydrogen-bond donors (Lipinski definition) is 3. The molecular formula is C56H49N5. The third-order valence-electron chi connectivity index (χ3n) is 12.5. The van der Waals surface area contributed by atoms with E-state index >= 15 is 0 Å². The van der Waals surface area contributed by atoms with E-state index in [0.717, 1.165) is 45.8 Å². The van der Waals surface area contributed by atoms with Crippen molar-refractivity contribution in [2.45, 2.75) is 32.2 Å². The lowest BCUT2D eigenvalue weighted by Crippen LogP contribution is -2.45. The lowest BCUT2D eigenvalue weighted by molar-refractivity contribution is 0.371. The van der Waals surface area contributed by atoms with Crippen LogP contribution in [0.25, 0.3) is 55.3 Å². The molecule has 0 spiro atoms. The van der Waals surface area contributed by atoms with Gasteiger partial charge >= 0.3 is 0 Å². The van der Waals surface area contributed by atoms with Crippen LogP contribution in [0.3, 0.4) is 0 Å². The van der Waals surface area contributed by atoms with Crippen LogP contribution in [0.4, 0.5) is 0 Å². The van der Waals surface area contributed by atoms with Crippen molar-refractivity contribution in [3.8, 4) is 33.4 Å². The number of nitrogens with zero attached hydrogens (tertiary/aromatic N) is 2. The van der Waals surface area contributed by atoms with Gasteiger partial charge in [0.2, 0.25) is 0 Å². The summed E-state index contributed by atoms with van der Waals surface area (Å²) in [6.45, 7) is 5.25. The van der Waals surface area contributed by atoms with E-state index in [4.69, 9.17) is 4.99 Å². The summed E-state index contributed by atoms with van der Waals surface area (Å²) >= 11 is 0. The first-order valence-electron chi connectivity index (χ1n) is 21.3. The van der Waals surface area contributed by atoms with Gasteiger partial charge in [-0.2, -0.15) is 0 Å². The Morgan fingerprint density at radius 1 is 0.607 bits per heavy atom. The van der Waals surface area contributed by atoms with Crippen LogP contribution >= 0.6 is 0 Å². The van der Waals surface area contributed by atoms with Gasteiger partial charge in [0.15, 0.2) is 0 Å². The molecule has 5 heteroatoms. The number of allylic oxidation sites excluding steroid dienone is 5. The molecule has 0 saturated heterocycles. The molecule has 3 heterocycles. The summed E-state index contributed by atoms with van der Waals surface area (Å²) in [5, 5.41) is 13.5. The third kappa shape index (κ3) is 7.72. The molecule has 3 aliphatic heterocycles. The highest BCUT2D eigenvalue weighted by atomic mass is 15.3. The first kappa shape index (κ1) is 38.0. The van der Waals surface area contributed by atoms with E-state index in [1.807, 2.05) is 6.20 Å². The Kier molecular flexibility index (Phi) is 10.3. The smallest absolute Gasteiger partial charge is 0.131 e. The molecule has 7 aromatic rings. The minimum absolute atomic E-state index is 0.198. The van der Waals surface area contributed by atoms with Gasteiger partial charge in [-0.3, -0.25) is 5.32 Å². The average Bonchev–Trinajstić information content (AvgIpc) is 3.33. The van der Waals surface area contributed by atoms with Crippen LogP contribution in [-0.2, 0) is 0 Å². The monoisotopic (exact) mass is 791 g/mol. The molecular weight excluding hydrogens is 743 g/mol. The summed E-state index contributed by atoms with van der Waals surface area (Å²) in [7, 11) is 2.17. The molecule has 3 aliphatic rings. The Morgan fingerprint density at radius 2 is 1.25 bits per heavy atom. The standard InChI is InChI=1S/C56H49N5/c1-37-18-31-51(38(2)61(37)3)44-25-29-46(30-26-44)55-58-54(45-27-23-41(24-28-45)47-15-10-32-57-36-47)59-56(60-55)50-34-48(42-21-19-40(20-22-42)39-11-5-4-6-12-39)33-49(35-50)53-17-9-14-43-13-7-8-16-52(43)53/h4-35,37,54-55,57-58H,36H2,1-3H3,(H,59,60). The van der Waals surface area contributed by atoms with Crippen LogP contribution < -0.4 is 16.0 Å². The fourth-order valence-corrected chi connectivity index (χ4v) is 8.78. The highest BCUT2D eigenvalue weighted by Gasteiger charge is 2.27. The predicted molar refractivity (Wildman–Crippen MR) is 256 cm³/mol. The second-order valence-corrected chi connectivity index (χ2v) is 16.3. The van der Waals surface area contributed by atoms with Gasteiger partial charge < -0.3 is 15.5 Å². The van der Waals surface area contributed by atoms with Crippen LogP contribution in [0.2, 0.25) is 0 Å². The van der Waals surface area contributed by atoms with Crippen molar-refractivity contribution in [2.24, 2.45) is 4.99 Å². The highest BCUT2D eigenvalue weighted by Crippen LogP contribution is 2.36. The molecule has 3 atom stereocenters. The molecule has 0 amide bonds. The van der Waals surface area contributed by atoms with Crippen molar-refractivity contribution in [1.29, 1.82) is 0 Å². The predicted octanol–water partition coefficient (Wildman–Crippen LogP) is 12.3. The van der Waals surface area contributed by atoms with Gasteiger partial charge in [-0.1, -0.05) is 164 Å². The number of nitrogens with one attached hydrogen (secondary N) is 3. The number of likely N-dealkylation sites (N-methyl/N-ethyl adjacent to an activating group) is 1. The molecule has 0 radical (unpaired) electrons. The fourth-order valence-electron chi connectivity index (χ4n) is 8.78. The van der Waals surface area contributed by atoms with Crippen molar-refractivity contribution in [1.82, 2.24) is 20.9 Å². The molecule has 298 valence electrons. The molecule has 0 saturated carbocycles. The van der Waals surface area contributed by atoms with E-state index in [2.05, 4.69) is 230 Å². The van der Waals surface area contributed by atoms with Gasteiger partial charge in [-0.05, 0) is 116 Å². The van der Waals surface area contributed by atoms with Gasteiger partial charge in [0.05, 0.1) is 0 Å². The van der Waals surface area contributed by atoms with Gasteiger partial charge in [-0.25, -0.2) is 4.99 Å². The van der Waals surface area contributed by atoms with Gasteiger partial charge in [0.25, 0.3) is 0 Å². The largest absolute Gasteiger partial charge is 0.387 e. The second kappa shape index (κ2) is 16.4. The molecule has 3 unspecified atom stereocenters. The molecule has 3 N–H and O–H groups in total. The van der Waals surface area contributed by atoms with E-state index < -0.39 is 0 Å². The summed E-state index contributed by atoms with van der Waals surface area (Å²) in [5.41, 5.74) is 16.5. The van der Waals surface area contributed by atoms with Crippen LogP contribution in [-0.4, -0.2) is 30.4 Å². The first-order valence-corrected chi connectivity index (χ1v) is 21.3. The van der Waals surface area contributed by atoms with Crippen LogP contribution in [0.5, 0.6) is 0 Å². The van der Waals surface area contributed by atoms with E-state index in [9.17, 15) is 0 Å². The Morgan fingerprint density at radius 3 is 2.02 bits per heavy atom. The van der Waals surface area contributed by atoms with E-state index in [0.29, 0.717) is 6.04 Å². The molecule has 0 aromatic heterocycles. The Balaban J connectivity index is 1.07. The maximum atomic E-state index is 5.48. The molecule has 7 aromatic carbocycles. The SMILES string of the molecule is CC1=C(c2ccc(C3NC(c4cc(-c5ccc(-c6ccccc6)cc5)cc(-c5cccc6ccccc56)c4)=NC(c4ccc(C5=CC=CNC5)cc4)N3)cc2)C=CC(C)N1C. The molecule has 0 bridgehead atoms. The zero-order valence-electron chi connectivity index (χ0n) is 34.8. The number of amidine groups is 1. The van der Waals surface area contributed by atoms with E-state index in [1.165, 1.54) is 55.4 Å². The van der Waals surface area contributed by atoms with Gasteiger partial charge in [-0.15, -0.1) is 0 Å². The topological polar surface area (TPSA) is 51.7 Å². The normalized spacial score (nSPS) is 18.7. The lowest BCUT2D eigenvalue weighted by atomic mass is 9.92. The fraction of sp³-hybridized carbons (Fsp3) is 0.125. The molecule has 5 nitrogen and oxygen atoms in total. The summed E-state index contributed by atoms with van der Waals surface area (Å²) in [6, 6.07) is 59.9. The molecule has 0 aliphatic carbocycles. The summed E-state index contributed by atoms with van der Waals surface area (Å²) < 4.78 is 0. The van der Waals surface area contributed by atoms with E-state index in [-0.39, 0.29) is 12.3 Å². The minimum Gasteiger partial charge on any atom is -0.387 e. The zero-order chi connectivity index (χ0) is 41.3. The number of aliphatic imine (C=N–C) groups is 1. The van der Waals surface area contributed by atoms with Crippen LogP contribution in [0, 0.1) is 0 Å². The third-order valence-corrected chi connectivity index (χ3v) is 12.5. The van der Waals surface area contributed by atoms with Gasteiger partial charge in [0.1, 0.15) is 18.2 Å². The minimum atomic E-state index is -0.287. The number of benzene rings is 7. The van der Waals surface area contributed by atoms with Crippen molar-refractivity contribution in [3.05, 3.63) is 228 Å². The van der Waals surface area contributed by atoms with Crippen molar-refractivity contribution < 1.29 is 0 Å². The number of fused-ring (bicyclic) bond motifs is 1.